The number of aliphatic carboxylic acids is 1. The average Bonchev–Trinajstić information content (AvgIpc) is 3.83. The van der Waals surface area contributed by atoms with Crippen LogP contribution in [0.5, 0.6) is 5.75 Å². The van der Waals surface area contributed by atoms with Crippen LogP contribution in [-0.4, -0.2) is 64.4 Å². The van der Waals surface area contributed by atoms with E-state index in [1.807, 2.05) is 30.3 Å². The maximum absolute atomic E-state index is 15.5. The molecule has 0 radical (unpaired) electrons. The van der Waals surface area contributed by atoms with Gasteiger partial charge in [0, 0.05) is 34.6 Å². The molecule has 1 aliphatic carbocycles. The van der Waals surface area contributed by atoms with E-state index in [9.17, 15) is 19.8 Å². The van der Waals surface area contributed by atoms with Gasteiger partial charge in [-0.05, 0) is 79.1 Å². The number of allylic oxidation sites excluding steroid dienone is 1. The van der Waals surface area contributed by atoms with Crippen molar-refractivity contribution in [3.63, 3.8) is 0 Å². The molecule has 1 aliphatic heterocycles. The second kappa shape index (κ2) is 13.5. The lowest BCUT2D eigenvalue weighted by Crippen LogP contribution is -2.58. The molecule has 1 amide bonds. The van der Waals surface area contributed by atoms with Crippen LogP contribution >= 0.6 is 23.2 Å². The number of amides is 1. The summed E-state index contributed by atoms with van der Waals surface area (Å²) in [4.78, 5) is 28.4. The minimum Gasteiger partial charge on any atom is -0.493 e. The van der Waals surface area contributed by atoms with Gasteiger partial charge in [-0.3, -0.25) is 14.6 Å². The van der Waals surface area contributed by atoms with Crippen molar-refractivity contribution in [2.24, 2.45) is 5.41 Å². The summed E-state index contributed by atoms with van der Waals surface area (Å²) < 4.78 is 21.8. The highest BCUT2D eigenvalue weighted by Gasteiger charge is 2.44. The molecule has 0 aromatic heterocycles. The van der Waals surface area contributed by atoms with E-state index in [2.05, 4.69) is 24.0 Å². The maximum atomic E-state index is 15.5. The zero-order chi connectivity index (χ0) is 32.5. The van der Waals surface area contributed by atoms with Crippen LogP contribution in [0.25, 0.3) is 0 Å². The van der Waals surface area contributed by atoms with Gasteiger partial charge in [0.2, 0.25) is 0 Å². The molecular weight excluding hydrogens is 618 g/mol. The van der Waals surface area contributed by atoms with Crippen LogP contribution in [0.1, 0.15) is 72.6 Å². The van der Waals surface area contributed by atoms with E-state index in [1.54, 1.807) is 26.0 Å². The van der Waals surface area contributed by atoms with Gasteiger partial charge < -0.3 is 14.9 Å². The van der Waals surface area contributed by atoms with Crippen LogP contribution < -0.4 is 4.74 Å². The predicted molar refractivity (Wildman–Crippen MR) is 172 cm³/mol. The van der Waals surface area contributed by atoms with Gasteiger partial charge in [0.1, 0.15) is 18.3 Å². The lowest BCUT2D eigenvalue weighted by molar-refractivity contribution is -0.142. The average molecular weight is 656 g/mol. The Balaban J connectivity index is 1.34. The molecule has 2 atom stereocenters. The quantitative estimate of drug-likeness (QED) is 0.157. The molecule has 2 fully saturated rings. The molecule has 1 saturated carbocycles. The molecule has 0 bridgehead atoms. The Hall–Kier alpha value is -3.43. The number of rotatable bonds is 12. The van der Waals surface area contributed by atoms with Crippen LogP contribution in [0.3, 0.4) is 0 Å². The summed E-state index contributed by atoms with van der Waals surface area (Å²) >= 11 is 12.7. The Morgan fingerprint density at radius 1 is 1.09 bits per heavy atom. The van der Waals surface area contributed by atoms with Gasteiger partial charge in [0.25, 0.3) is 5.91 Å². The summed E-state index contributed by atoms with van der Waals surface area (Å²) in [5, 5.41) is 20.8. The number of hydrogen-bond donors (Lipinski definition) is 2. The Morgan fingerprint density at radius 2 is 1.73 bits per heavy atom. The van der Waals surface area contributed by atoms with Crippen molar-refractivity contribution in [2.75, 3.05) is 26.4 Å². The molecular formula is C35H37Cl2FN2O5. The number of nitrogens with zero attached hydrogens (tertiary/aromatic N) is 2. The van der Waals surface area contributed by atoms with Crippen LogP contribution in [0, 0.1) is 11.2 Å². The van der Waals surface area contributed by atoms with Crippen molar-refractivity contribution in [3.05, 3.63) is 110 Å². The zero-order valence-electron chi connectivity index (χ0n) is 25.5. The summed E-state index contributed by atoms with van der Waals surface area (Å²) in [6, 6.07) is 16.9. The number of carbonyl (C=O) groups is 2. The number of likely N-dealkylation sites (tertiary alicyclic amines) is 1. The summed E-state index contributed by atoms with van der Waals surface area (Å²) in [5.41, 5.74) is 2.65. The molecule has 3 aromatic carbocycles. The molecule has 2 aliphatic rings. The molecule has 0 spiro atoms. The first-order chi connectivity index (χ1) is 21.4. The Kier molecular flexibility index (Phi) is 9.89. The third-order valence-electron chi connectivity index (χ3n) is 8.62. The van der Waals surface area contributed by atoms with Gasteiger partial charge in [-0.2, -0.15) is 0 Å². The van der Waals surface area contributed by atoms with Crippen molar-refractivity contribution < 1.29 is 28.9 Å². The molecule has 0 unspecified atom stereocenters. The second-order valence-electron chi connectivity index (χ2n) is 12.4. The number of carbonyl (C=O) groups excluding carboxylic acids is 1. The lowest BCUT2D eigenvalue weighted by atomic mass is 9.79. The van der Waals surface area contributed by atoms with E-state index in [0.29, 0.717) is 46.6 Å². The normalized spacial score (nSPS) is 17.7. The highest BCUT2D eigenvalue weighted by atomic mass is 35.5. The van der Waals surface area contributed by atoms with Crippen molar-refractivity contribution >= 4 is 35.1 Å². The minimum absolute atomic E-state index is 0.0597. The Labute approximate surface area is 272 Å². The smallest absolute Gasteiger partial charge is 0.330 e. The summed E-state index contributed by atoms with van der Waals surface area (Å²) in [5.74, 6) is -2.55. The van der Waals surface area contributed by atoms with Crippen molar-refractivity contribution in [1.29, 1.82) is 0 Å². The largest absolute Gasteiger partial charge is 0.493 e. The van der Waals surface area contributed by atoms with E-state index in [1.165, 1.54) is 12.1 Å². The third-order valence-corrected chi connectivity index (χ3v) is 9.06. The summed E-state index contributed by atoms with van der Waals surface area (Å²) in [6.45, 7) is 6.18. The number of carboxylic acids is 1. The molecule has 45 heavy (non-hydrogen) atoms. The maximum Gasteiger partial charge on any atom is 0.330 e. The van der Waals surface area contributed by atoms with Gasteiger partial charge in [0.05, 0.1) is 18.2 Å². The monoisotopic (exact) mass is 654 g/mol. The number of carboxylic acid groups (broad SMARTS) is 1. The number of hydrogen-bond acceptors (Lipinski definition) is 5. The van der Waals surface area contributed by atoms with Gasteiger partial charge in [-0.25, -0.2) is 9.18 Å². The summed E-state index contributed by atoms with van der Waals surface area (Å²) in [7, 11) is 0. The van der Waals surface area contributed by atoms with Crippen LogP contribution in [-0.2, 0) is 4.79 Å². The fraction of sp³-hybridized carbons (Fsp3) is 0.371. The molecule has 3 aromatic rings. The number of benzene rings is 3. The molecule has 1 saturated heterocycles. The first kappa shape index (κ1) is 32.9. The van der Waals surface area contributed by atoms with Gasteiger partial charge in [-0.1, -0.05) is 66.5 Å². The highest BCUT2D eigenvalue weighted by molar-refractivity contribution is 6.34. The number of aliphatic hydroxyl groups is 1. The number of ether oxygens (including phenoxy) is 1. The molecule has 5 rings (SSSR count). The number of aliphatic hydroxyl groups excluding tert-OH is 1. The standard InChI is InChI=1S/C35H37Cl2FN2O5/c1-4-21(2)31(34(43)44)40(20-41)33(42)28-15-27(22-10-11-22)30(16-29(28)38)45-19-35(3)17-39(18-35)32(23-8-6-5-7-9-23)24-12-25(36)14-26(37)13-24/h4-9,12-16,22,31-32,41H,10-11,17-20H2,1-3H3,(H,43,44)/b21-4+/t31-,32+/m0/s1. The minimum atomic E-state index is -1.42. The molecule has 7 nitrogen and oxygen atoms in total. The number of halogens is 3. The molecule has 2 N–H and O–H groups in total. The SMILES string of the molecule is C/C=C(\C)[C@@H](C(=O)O)N(CO)C(=O)c1cc(C2CC2)c(OCC2(C)CN([C@H](c3ccccc3)c3cc(Cl)cc(Cl)c3)C2)cc1F. The molecule has 1 heterocycles. The Morgan fingerprint density at radius 3 is 2.29 bits per heavy atom. The van der Waals surface area contributed by atoms with Crippen molar-refractivity contribution in [1.82, 2.24) is 9.80 Å². The lowest BCUT2D eigenvalue weighted by Gasteiger charge is -2.51. The van der Waals surface area contributed by atoms with Crippen LogP contribution in [0.15, 0.2) is 72.3 Å². The highest BCUT2D eigenvalue weighted by Crippen LogP contribution is 2.47. The fourth-order valence-corrected chi connectivity index (χ4v) is 6.71. The molecule has 10 heteroatoms. The van der Waals surface area contributed by atoms with E-state index >= 15 is 4.39 Å². The zero-order valence-corrected chi connectivity index (χ0v) is 27.0. The van der Waals surface area contributed by atoms with Crippen LogP contribution in [0.2, 0.25) is 10.0 Å². The first-order valence-electron chi connectivity index (χ1n) is 14.9. The third kappa shape index (κ3) is 7.20. The van der Waals surface area contributed by atoms with Gasteiger partial charge in [0.15, 0.2) is 6.04 Å². The van der Waals surface area contributed by atoms with E-state index < -0.39 is 30.5 Å². The van der Waals surface area contributed by atoms with E-state index in [-0.39, 0.29) is 22.9 Å². The topological polar surface area (TPSA) is 90.3 Å². The molecule has 238 valence electrons. The fourth-order valence-electron chi connectivity index (χ4n) is 6.17. The Bertz CT molecular complexity index is 1580. The van der Waals surface area contributed by atoms with Gasteiger partial charge in [-0.15, -0.1) is 0 Å². The van der Waals surface area contributed by atoms with Crippen molar-refractivity contribution in [3.8, 4) is 5.75 Å². The van der Waals surface area contributed by atoms with E-state index in [0.717, 1.165) is 28.9 Å². The van der Waals surface area contributed by atoms with Crippen molar-refractivity contribution in [2.45, 2.75) is 51.6 Å². The van der Waals surface area contributed by atoms with Gasteiger partial charge >= 0.3 is 5.97 Å². The summed E-state index contributed by atoms with van der Waals surface area (Å²) in [6.07, 6.45) is 3.30. The first-order valence-corrected chi connectivity index (χ1v) is 15.7. The second-order valence-corrected chi connectivity index (χ2v) is 13.2. The van der Waals surface area contributed by atoms with E-state index in [4.69, 9.17) is 27.9 Å². The predicted octanol–water partition coefficient (Wildman–Crippen LogP) is 7.31. The van der Waals surface area contributed by atoms with Crippen LogP contribution in [0.4, 0.5) is 4.39 Å².